The Morgan fingerprint density at radius 3 is 3.11 bits per heavy atom. The minimum atomic E-state index is -0.491. The molecule has 19 heavy (non-hydrogen) atoms. The molecule has 0 atom stereocenters. The van der Waals surface area contributed by atoms with E-state index in [0.29, 0.717) is 18.2 Å². The number of alkyl halides is 1. The van der Waals surface area contributed by atoms with Gasteiger partial charge in [0.2, 0.25) is 0 Å². The van der Waals surface area contributed by atoms with Crippen molar-refractivity contribution < 1.29 is 4.92 Å². The van der Waals surface area contributed by atoms with Crippen molar-refractivity contribution in [2.75, 3.05) is 19.3 Å². The minimum Gasteiger partial charge on any atom is -0.370 e. The lowest BCUT2D eigenvalue weighted by atomic mass is 10.6. The molecule has 2 N–H and O–H groups in total. The Morgan fingerprint density at radius 1 is 1.74 bits per heavy atom. The molecule has 0 aliphatic carbocycles. The van der Waals surface area contributed by atoms with E-state index in [-0.39, 0.29) is 0 Å². The highest BCUT2D eigenvalue weighted by molar-refractivity contribution is 7.98. The van der Waals surface area contributed by atoms with Crippen molar-refractivity contribution in [3.8, 4) is 0 Å². The summed E-state index contributed by atoms with van der Waals surface area (Å²) in [6.45, 7) is 0.650. The number of thioether (sulfide) groups is 1. The molecule has 6 nitrogen and oxygen atoms in total. The van der Waals surface area contributed by atoms with Gasteiger partial charge in [0, 0.05) is 30.5 Å². The molecule has 1 aromatic heterocycles. The number of aromatic nitrogens is 1. The maximum Gasteiger partial charge on any atom is 0.274 e. The van der Waals surface area contributed by atoms with Gasteiger partial charge in [0.05, 0.1) is 16.5 Å². The van der Waals surface area contributed by atoms with Gasteiger partial charge in [-0.3, -0.25) is 10.1 Å². The summed E-state index contributed by atoms with van der Waals surface area (Å²) >= 11 is 8.96. The SMILES string of the molecule is CNC(=C[N+](=O)[O-])NCCSCc1csc(CCl)n1. The summed E-state index contributed by atoms with van der Waals surface area (Å²) in [6, 6.07) is 0. The van der Waals surface area contributed by atoms with Crippen LogP contribution >= 0.6 is 34.7 Å². The number of nitro groups is 1. The summed E-state index contributed by atoms with van der Waals surface area (Å²) in [5.41, 5.74) is 1.03. The van der Waals surface area contributed by atoms with Crippen LogP contribution in [0.25, 0.3) is 0 Å². The Kier molecular flexibility index (Phi) is 7.61. The van der Waals surface area contributed by atoms with Gasteiger partial charge >= 0.3 is 0 Å². The van der Waals surface area contributed by atoms with Gasteiger partial charge in [0.1, 0.15) is 5.01 Å². The molecule has 0 saturated carbocycles. The van der Waals surface area contributed by atoms with Crippen molar-refractivity contribution in [3.63, 3.8) is 0 Å². The number of nitrogens with zero attached hydrogens (tertiary/aromatic N) is 2. The molecule has 0 radical (unpaired) electrons. The predicted octanol–water partition coefficient (Wildman–Crippen LogP) is 2.00. The van der Waals surface area contributed by atoms with E-state index in [4.69, 9.17) is 11.6 Å². The topological polar surface area (TPSA) is 80.1 Å². The molecular weight excluding hydrogens is 308 g/mol. The lowest BCUT2D eigenvalue weighted by Gasteiger charge is -2.06. The first-order chi connectivity index (χ1) is 9.15. The van der Waals surface area contributed by atoms with Gasteiger partial charge in [-0.05, 0) is 0 Å². The minimum absolute atomic E-state index is 0.406. The molecule has 0 unspecified atom stereocenters. The first-order valence-electron chi connectivity index (χ1n) is 5.49. The molecule has 0 spiro atoms. The third-order valence-corrected chi connectivity index (χ3v) is 4.33. The van der Waals surface area contributed by atoms with Crippen LogP contribution in [0.2, 0.25) is 0 Å². The summed E-state index contributed by atoms with van der Waals surface area (Å²) in [7, 11) is 1.64. The number of rotatable bonds is 9. The fraction of sp³-hybridized carbons (Fsp3) is 0.500. The van der Waals surface area contributed by atoms with Crippen molar-refractivity contribution in [2.24, 2.45) is 0 Å². The van der Waals surface area contributed by atoms with Crippen LogP contribution in [-0.2, 0) is 11.6 Å². The second-order valence-electron chi connectivity index (χ2n) is 3.42. The van der Waals surface area contributed by atoms with Gasteiger partial charge in [-0.1, -0.05) is 0 Å². The molecule has 0 amide bonds. The van der Waals surface area contributed by atoms with E-state index >= 15 is 0 Å². The summed E-state index contributed by atoms with van der Waals surface area (Å²) in [4.78, 5) is 14.2. The smallest absolute Gasteiger partial charge is 0.274 e. The number of nitrogens with one attached hydrogen (secondary N) is 2. The highest BCUT2D eigenvalue weighted by atomic mass is 35.5. The summed E-state index contributed by atoms with van der Waals surface area (Å²) in [5.74, 6) is 2.52. The van der Waals surface area contributed by atoms with Crippen molar-refractivity contribution in [2.45, 2.75) is 11.6 Å². The fourth-order valence-corrected chi connectivity index (χ4v) is 2.96. The molecule has 0 aromatic carbocycles. The van der Waals surface area contributed by atoms with E-state index < -0.39 is 4.92 Å². The van der Waals surface area contributed by atoms with Gasteiger partial charge in [0.25, 0.3) is 6.20 Å². The first-order valence-corrected chi connectivity index (χ1v) is 8.06. The molecular formula is C10H15ClN4O2S2. The third kappa shape index (κ3) is 6.65. The van der Waals surface area contributed by atoms with E-state index in [1.54, 1.807) is 30.1 Å². The normalized spacial score (nSPS) is 11.4. The Morgan fingerprint density at radius 2 is 2.53 bits per heavy atom. The lowest BCUT2D eigenvalue weighted by molar-refractivity contribution is -0.404. The molecule has 9 heteroatoms. The van der Waals surface area contributed by atoms with Gasteiger partial charge < -0.3 is 10.6 Å². The zero-order valence-electron chi connectivity index (χ0n) is 10.4. The number of thiazole rings is 1. The molecule has 1 rings (SSSR count). The lowest BCUT2D eigenvalue weighted by Crippen LogP contribution is -2.26. The summed E-state index contributed by atoms with van der Waals surface area (Å²) in [5, 5.41) is 18.9. The number of halogens is 1. The Bertz CT molecular complexity index is 439. The van der Waals surface area contributed by atoms with Crippen molar-refractivity contribution in [3.05, 3.63) is 38.2 Å². The van der Waals surface area contributed by atoms with Gasteiger partial charge in [-0.2, -0.15) is 11.8 Å². The highest BCUT2D eigenvalue weighted by Crippen LogP contribution is 2.16. The molecule has 1 heterocycles. The van der Waals surface area contributed by atoms with Crippen molar-refractivity contribution in [1.29, 1.82) is 0 Å². The van der Waals surface area contributed by atoms with Crippen LogP contribution in [0.3, 0.4) is 0 Å². The van der Waals surface area contributed by atoms with Crippen molar-refractivity contribution >= 4 is 34.7 Å². The van der Waals surface area contributed by atoms with E-state index in [2.05, 4.69) is 15.6 Å². The van der Waals surface area contributed by atoms with Crippen LogP contribution in [0.1, 0.15) is 10.7 Å². The van der Waals surface area contributed by atoms with E-state index in [9.17, 15) is 10.1 Å². The molecule has 0 fully saturated rings. The third-order valence-electron chi connectivity index (χ3n) is 2.03. The van der Waals surface area contributed by atoms with Gasteiger partial charge in [-0.15, -0.1) is 22.9 Å². The van der Waals surface area contributed by atoms with Crippen LogP contribution in [0.5, 0.6) is 0 Å². The number of hydrogen-bond acceptors (Lipinski definition) is 7. The monoisotopic (exact) mass is 322 g/mol. The largest absolute Gasteiger partial charge is 0.370 e. The maximum atomic E-state index is 10.3. The van der Waals surface area contributed by atoms with Crippen LogP contribution < -0.4 is 10.6 Å². The second kappa shape index (κ2) is 9.00. The maximum absolute atomic E-state index is 10.3. The zero-order valence-corrected chi connectivity index (χ0v) is 12.8. The van der Waals surface area contributed by atoms with E-state index in [1.165, 1.54) is 0 Å². The first kappa shape index (κ1) is 16.1. The van der Waals surface area contributed by atoms with E-state index in [1.807, 2.05) is 5.38 Å². The Balaban J connectivity index is 2.18. The van der Waals surface area contributed by atoms with Gasteiger partial charge in [-0.25, -0.2) is 4.98 Å². The quantitative estimate of drug-likeness (QED) is 0.313. The summed E-state index contributed by atoms with van der Waals surface area (Å²) in [6.07, 6.45) is 0.915. The second-order valence-corrected chi connectivity index (χ2v) is 5.74. The van der Waals surface area contributed by atoms with E-state index in [0.717, 1.165) is 28.4 Å². The average Bonchev–Trinajstić information content (AvgIpc) is 2.84. The molecule has 106 valence electrons. The van der Waals surface area contributed by atoms with Crippen molar-refractivity contribution in [1.82, 2.24) is 15.6 Å². The Labute approximate surface area is 124 Å². The summed E-state index contributed by atoms with van der Waals surface area (Å²) < 4.78 is 0. The molecule has 0 aliphatic heterocycles. The molecule has 0 saturated heterocycles. The Hall–Kier alpha value is -0.990. The average molecular weight is 323 g/mol. The van der Waals surface area contributed by atoms with Crippen LogP contribution in [0, 0.1) is 10.1 Å². The van der Waals surface area contributed by atoms with Crippen LogP contribution in [0.4, 0.5) is 0 Å². The fourth-order valence-electron chi connectivity index (χ4n) is 1.22. The zero-order chi connectivity index (χ0) is 14.1. The predicted molar refractivity (Wildman–Crippen MR) is 80.0 cm³/mol. The molecule has 0 aliphatic rings. The highest BCUT2D eigenvalue weighted by Gasteiger charge is 2.02. The van der Waals surface area contributed by atoms with Crippen LogP contribution in [-0.4, -0.2) is 29.3 Å². The van der Waals surface area contributed by atoms with Gasteiger partial charge in [0.15, 0.2) is 5.82 Å². The standard InChI is InChI=1S/C10H15ClN4O2S2/c1-12-9(5-15(16)17)13-2-3-18-6-8-7-19-10(4-11)14-8/h5,7,12-13H,2-4,6H2,1H3. The van der Waals surface area contributed by atoms with Crippen LogP contribution in [0.15, 0.2) is 17.4 Å². The molecule has 1 aromatic rings. The number of hydrogen-bond donors (Lipinski definition) is 2. The molecule has 0 bridgehead atoms.